The number of amides is 1. The van der Waals surface area contributed by atoms with Gasteiger partial charge in [0.15, 0.2) is 0 Å². The highest BCUT2D eigenvalue weighted by atomic mass is 35.5. The van der Waals surface area contributed by atoms with Crippen molar-refractivity contribution in [2.75, 3.05) is 26.1 Å². The lowest BCUT2D eigenvalue weighted by molar-refractivity contribution is -0.140. The first-order valence-electron chi connectivity index (χ1n) is 6.57. The van der Waals surface area contributed by atoms with Gasteiger partial charge in [-0.3, -0.25) is 9.59 Å². The van der Waals surface area contributed by atoms with E-state index >= 15 is 0 Å². The Balaban J connectivity index is 2.72. The maximum absolute atomic E-state index is 12.1. The van der Waals surface area contributed by atoms with Crippen LogP contribution >= 0.6 is 11.6 Å². The van der Waals surface area contributed by atoms with Crippen LogP contribution in [0.1, 0.15) is 6.42 Å². The number of hydrogen-bond donors (Lipinski definition) is 2. The van der Waals surface area contributed by atoms with Gasteiger partial charge in [-0.2, -0.15) is 5.26 Å². The summed E-state index contributed by atoms with van der Waals surface area (Å²) in [6.45, 7) is 0.242. The summed E-state index contributed by atoms with van der Waals surface area (Å²) in [6, 6.07) is 6.50. The standard InChI is InChI=1S/C15H16ClN3O4/c1-22-13-4-3-11(16)7-12(13)19-15(21)10(8-17)9-18-6-5-14(20)23-2/h3-4,7,9,18H,5-6H2,1-2H3,(H,19,21)/b10-9-. The molecule has 0 saturated heterocycles. The highest BCUT2D eigenvalue weighted by molar-refractivity contribution is 6.31. The maximum atomic E-state index is 12.1. The zero-order valence-corrected chi connectivity index (χ0v) is 13.4. The van der Waals surface area contributed by atoms with Crippen molar-refractivity contribution in [3.05, 3.63) is 35.0 Å². The van der Waals surface area contributed by atoms with E-state index in [-0.39, 0.29) is 18.5 Å². The molecule has 23 heavy (non-hydrogen) atoms. The number of halogens is 1. The normalized spacial score (nSPS) is 10.4. The highest BCUT2D eigenvalue weighted by Crippen LogP contribution is 2.27. The molecule has 2 N–H and O–H groups in total. The van der Waals surface area contributed by atoms with E-state index in [1.54, 1.807) is 18.2 Å². The number of nitrogens with one attached hydrogen (secondary N) is 2. The molecule has 1 amide bonds. The van der Waals surface area contributed by atoms with Crippen LogP contribution in [0.2, 0.25) is 5.02 Å². The van der Waals surface area contributed by atoms with Crippen molar-refractivity contribution in [1.82, 2.24) is 5.32 Å². The number of benzene rings is 1. The first kappa shape index (κ1) is 18.3. The maximum Gasteiger partial charge on any atom is 0.307 e. The second-order valence-corrected chi connectivity index (χ2v) is 4.69. The van der Waals surface area contributed by atoms with E-state index in [0.717, 1.165) is 0 Å². The Labute approximate surface area is 138 Å². The summed E-state index contributed by atoms with van der Waals surface area (Å²) in [4.78, 5) is 23.0. The summed E-state index contributed by atoms with van der Waals surface area (Å²) in [5.41, 5.74) is 0.192. The van der Waals surface area contributed by atoms with Crippen molar-refractivity contribution < 1.29 is 19.1 Å². The number of carbonyl (C=O) groups is 2. The van der Waals surface area contributed by atoms with Gasteiger partial charge in [-0.15, -0.1) is 0 Å². The molecule has 0 aromatic heterocycles. The monoisotopic (exact) mass is 337 g/mol. The Hall–Kier alpha value is -2.72. The molecule has 0 spiro atoms. The van der Waals surface area contributed by atoms with E-state index in [9.17, 15) is 9.59 Å². The molecule has 122 valence electrons. The minimum atomic E-state index is -0.626. The molecule has 0 bridgehead atoms. The molecule has 0 unspecified atom stereocenters. The van der Waals surface area contributed by atoms with Gasteiger partial charge in [0, 0.05) is 17.8 Å². The molecule has 8 heteroatoms. The molecule has 0 heterocycles. The first-order chi connectivity index (χ1) is 11.0. The van der Waals surface area contributed by atoms with Crippen LogP contribution in [0.5, 0.6) is 5.75 Å². The summed E-state index contributed by atoms with van der Waals surface area (Å²) in [6.07, 6.45) is 1.35. The van der Waals surface area contributed by atoms with Gasteiger partial charge in [-0.05, 0) is 18.2 Å². The van der Waals surface area contributed by atoms with Gasteiger partial charge < -0.3 is 20.1 Å². The predicted molar refractivity (Wildman–Crippen MR) is 85.0 cm³/mol. The van der Waals surface area contributed by atoms with Crippen molar-refractivity contribution in [3.8, 4) is 11.8 Å². The minimum Gasteiger partial charge on any atom is -0.495 e. The van der Waals surface area contributed by atoms with Gasteiger partial charge in [0.05, 0.1) is 26.3 Å². The lowest BCUT2D eigenvalue weighted by Crippen LogP contribution is -2.19. The summed E-state index contributed by atoms with van der Waals surface area (Å²) in [7, 11) is 2.74. The van der Waals surface area contributed by atoms with Gasteiger partial charge in [-0.25, -0.2) is 0 Å². The number of methoxy groups -OCH3 is 2. The van der Waals surface area contributed by atoms with E-state index in [2.05, 4.69) is 15.4 Å². The number of nitrogens with zero attached hydrogens (tertiary/aromatic N) is 1. The number of hydrogen-bond acceptors (Lipinski definition) is 6. The molecular weight excluding hydrogens is 322 g/mol. The fraction of sp³-hybridized carbons (Fsp3) is 0.267. The molecule has 7 nitrogen and oxygen atoms in total. The fourth-order valence-electron chi connectivity index (χ4n) is 1.57. The van der Waals surface area contributed by atoms with Crippen LogP contribution in [0.25, 0.3) is 0 Å². The lowest BCUT2D eigenvalue weighted by Gasteiger charge is -2.10. The Morgan fingerprint density at radius 1 is 1.39 bits per heavy atom. The van der Waals surface area contributed by atoms with Crippen molar-refractivity contribution in [3.63, 3.8) is 0 Å². The molecule has 0 saturated carbocycles. The molecule has 1 aromatic rings. The zero-order valence-electron chi connectivity index (χ0n) is 12.7. The number of carbonyl (C=O) groups excluding carboxylic acids is 2. The number of nitriles is 1. The third kappa shape index (κ3) is 5.88. The molecule has 0 radical (unpaired) electrons. The topological polar surface area (TPSA) is 100 Å². The number of rotatable bonds is 7. The minimum absolute atomic E-state index is 0.120. The molecule has 0 aliphatic heterocycles. The highest BCUT2D eigenvalue weighted by Gasteiger charge is 2.12. The Kier molecular flexibility index (Phi) is 7.43. The Morgan fingerprint density at radius 3 is 2.74 bits per heavy atom. The second-order valence-electron chi connectivity index (χ2n) is 4.25. The third-order valence-corrected chi connectivity index (χ3v) is 2.96. The van der Waals surface area contributed by atoms with E-state index in [1.165, 1.54) is 26.5 Å². The molecule has 0 fully saturated rings. The van der Waals surface area contributed by atoms with E-state index < -0.39 is 11.9 Å². The van der Waals surface area contributed by atoms with E-state index in [4.69, 9.17) is 21.6 Å². The van der Waals surface area contributed by atoms with E-state index in [1.807, 2.05) is 0 Å². The first-order valence-corrected chi connectivity index (χ1v) is 6.95. The molecule has 0 aliphatic carbocycles. The van der Waals surface area contributed by atoms with Crippen LogP contribution in [-0.2, 0) is 14.3 Å². The predicted octanol–water partition coefficient (Wildman–Crippen LogP) is 1.85. The van der Waals surface area contributed by atoms with Gasteiger partial charge in [0.2, 0.25) is 0 Å². The average Bonchev–Trinajstić information content (AvgIpc) is 2.54. The van der Waals surface area contributed by atoms with Crippen molar-refractivity contribution >= 4 is 29.2 Å². The molecule has 1 rings (SSSR count). The van der Waals surface area contributed by atoms with E-state index in [0.29, 0.717) is 16.5 Å². The Morgan fingerprint density at radius 2 is 2.13 bits per heavy atom. The quantitative estimate of drug-likeness (QED) is 0.341. The summed E-state index contributed by atoms with van der Waals surface area (Å²) >= 11 is 5.87. The van der Waals surface area contributed by atoms with Crippen molar-refractivity contribution in [2.24, 2.45) is 0 Å². The lowest BCUT2D eigenvalue weighted by atomic mass is 10.2. The van der Waals surface area contributed by atoms with Gasteiger partial charge in [-0.1, -0.05) is 11.6 Å². The van der Waals surface area contributed by atoms with Gasteiger partial charge in [0.25, 0.3) is 5.91 Å². The number of esters is 1. The van der Waals surface area contributed by atoms with Crippen molar-refractivity contribution in [1.29, 1.82) is 5.26 Å². The van der Waals surface area contributed by atoms with Crippen LogP contribution in [0.4, 0.5) is 5.69 Å². The molecule has 0 atom stereocenters. The van der Waals surface area contributed by atoms with Crippen molar-refractivity contribution in [2.45, 2.75) is 6.42 Å². The Bertz CT molecular complexity index is 653. The smallest absolute Gasteiger partial charge is 0.307 e. The summed E-state index contributed by atoms with van der Waals surface area (Å²) < 4.78 is 9.59. The molecular formula is C15H16ClN3O4. The van der Waals surface area contributed by atoms with Crippen LogP contribution in [0.15, 0.2) is 30.0 Å². The van der Waals surface area contributed by atoms with Gasteiger partial charge >= 0.3 is 5.97 Å². The summed E-state index contributed by atoms with van der Waals surface area (Å²) in [5.74, 6) is -0.602. The number of anilines is 1. The fourth-order valence-corrected chi connectivity index (χ4v) is 1.74. The van der Waals surface area contributed by atoms with Crippen LogP contribution in [0.3, 0.4) is 0 Å². The zero-order chi connectivity index (χ0) is 17.2. The van der Waals surface area contributed by atoms with Crippen LogP contribution in [-0.4, -0.2) is 32.6 Å². The largest absolute Gasteiger partial charge is 0.495 e. The number of ether oxygens (including phenoxy) is 2. The molecule has 1 aromatic carbocycles. The second kappa shape index (κ2) is 9.33. The third-order valence-electron chi connectivity index (χ3n) is 2.72. The van der Waals surface area contributed by atoms with Crippen LogP contribution in [0, 0.1) is 11.3 Å². The van der Waals surface area contributed by atoms with Crippen LogP contribution < -0.4 is 15.4 Å². The molecule has 0 aliphatic rings. The SMILES string of the molecule is COC(=O)CCN/C=C(/C#N)C(=O)Nc1cc(Cl)ccc1OC. The van der Waals surface area contributed by atoms with Gasteiger partial charge in [0.1, 0.15) is 17.4 Å². The summed E-state index contributed by atoms with van der Waals surface area (Å²) in [5, 5.41) is 14.7. The average molecular weight is 338 g/mol.